The molecule has 0 fully saturated rings. The SMILES string of the molecule is COc1cc2nc(Cc3ccc(Cl)cc3)[nH]c2cc1OC. The average molecular weight is 303 g/mol. The first-order valence-electron chi connectivity index (χ1n) is 6.54. The molecule has 0 aliphatic carbocycles. The van der Waals surface area contributed by atoms with Crippen LogP contribution in [-0.2, 0) is 6.42 Å². The maximum absolute atomic E-state index is 5.89. The Morgan fingerprint density at radius 3 is 2.38 bits per heavy atom. The standard InChI is InChI=1S/C16H15ClN2O2/c1-20-14-8-12-13(9-15(14)21-2)19-16(18-12)7-10-3-5-11(17)6-4-10/h3-6,8-9H,7H2,1-2H3,(H,18,19). The molecule has 0 aliphatic heterocycles. The topological polar surface area (TPSA) is 47.1 Å². The highest BCUT2D eigenvalue weighted by molar-refractivity contribution is 6.30. The van der Waals surface area contributed by atoms with E-state index in [1.807, 2.05) is 36.4 Å². The summed E-state index contributed by atoms with van der Waals surface area (Å²) in [4.78, 5) is 7.90. The van der Waals surface area contributed by atoms with Crippen LogP contribution in [0, 0.1) is 0 Å². The third-order valence-electron chi connectivity index (χ3n) is 3.32. The molecule has 3 rings (SSSR count). The summed E-state index contributed by atoms with van der Waals surface area (Å²) >= 11 is 5.89. The molecule has 108 valence electrons. The quantitative estimate of drug-likeness (QED) is 0.797. The van der Waals surface area contributed by atoms with Gasteiger partial charge in [-0.05, 0) is 17.7 Å². The Kier molecular flexibility index (Phi) is 3.71. The first-order chi connectivity index (χ1) is 10.2. The van der Waals surface area contributed by atoms with Crippen LogP contribution in [0.1, 0.15) is 11.4 Å². The number of aromatic nitrogens is 2. The molecule has 21 heavy (non-hydrogen) atoms. The number of rotatable bonds is 4. The molecule has 4 nitrogen and oxygen atoms in total. The molecule has 0 spiro atoms. The zero-order chi connectivity index (χ0) is 14.8. The molecule has 0 aliphatic rings. The molecule has 0 saturated carbocycles. The number of hydrogen-bond donors (Lipinski definition) is 1. The number of H-pyrrole nitrogens is 1. The summed E-state index contributed by atoms with van der Waals surface area (Å²) in [5, 5.41) is 0.734. The van der Waals surface area contributed by atoms with Crippen molar-refractivity contribution in [1.82, 2.24) is 9.97 Å². The minimum Gasteiger partial charge on any atom is -0.493 e. The van der Waals surface area contributed by atoms with Gasteiger partial charge in [0.25, 0.3) is 0 Å². The summed E-state index contributed by atoms with van der Waals surface area (Å²) in [6.45, 7) is 0. The molecule has 0 bridgehead atoms. The van der Waals surface area contributed by atoms with E-state index < -0.39 is 0 Å². The molecule has 0 unspecified atom stereocenters. The number of fused-ring (bicyclic) bond motifs is 1. The molecule has 1 heterocycles. The van der Waals surface area contributed by atoms with Crippen molar-refractivity contribution in [2.45, 2.75) is 6.42 Å². The third-order valence-corrected chi connectivity index (χ3v) is 3.57. The van der Waals surface area contributed by atoms with Gasteiger partial charge in [-0.1, -0.05) is 23.7 Å². The van der Waals surface area contributed by atoms with E-state index in [1.54, 1.807) is 14.2 Å². The molecular formula is C16H15ClN2O2. The Labute approximate surface area is 127 Å². The first kappa shape index (κ1) is 13.8. The van der Waals surface area contributed by atoms with Crippen LogP contribution >= 0.6 is 11.6 Å². The maximum atomic E-state index is 5.89. The van der Waals surface area contributed by atoms with Gasteiger partial charge in [0.05, 0.1) is 25.3 Å². The molecule has 0 radical (unpaired) electrons. The molecule has 1 N–H and O–H groups in total. The highest BCUT2D eigenvalue weighted by Crippen LogP contribution is 2.31. The smallest absolute Gasteiger partial charge is 0.163 e. The van der Waals surface area contributed by atoms with Crippen LogP contribution in [0.5, 0.6) is 11.5 Å². The number of halogens is 1. The second-order valence-electron chi connectivity index (χ2n) is 4.71. The zero-order valence-electron chi connectivity index (χ0n) is 11.8. The van der Waals surface area contributed by atoms with Crippen LogP contribution in [0.25, 0.3) is 11.0 Å². The summed E-state index contributed by atoms with van der Waals surface area (Å²) in [5.74, 6) is 2.25. The van der Waals surface area contributed by atoms with Gasteiger partial charge in [-0.2, -0.15) is 0 Å². The van der Waals surface area contributed by atoms with Crippen molar-refractivity contribution in [2.24, 2.45) is 0 Å². The largest absolute Gasteiger partial charge is 0.493 e. The van der Waals surface area contributed by atoms with Crippen LogP contribution in [-0.4, -0.2) is 24.2 Å². The molecule has 0 saturated heterocycles. The number of ether oxygens (including phenoxy) is 2. The number of aromatic amines is 1. The number of methoxy groups -OCH3 is 2. The third kappa shape index (κ3) is 2.81. The van der Waals surface area contributed by atoms with Crippen molar-refractivity contribution in [3.8, 4) is 11.5 Å². The van der Waals surface area contributed by atoms with E-state index in [9.17, 15) is 0 Å². The Balaban J connectivity index is 1.95. The average Bonchev–Trinajstić information content (AvgIpc) is 2.89. The van der Waals surface area contributed by atoms with E-state index >= 15 is 0 Å². The van der Waals surface area contributed by atoms with Crippen LogP contribution < -0.4 is 9.47 Å². The zero-order valence-corrected chi connectivity index (χ0v) is 12.6. The van der Waals surface area contributed by atoms with Gasteiger partial charge in [-0.15, -0.1) is 0 Å². The molecule has 0 amide bonds. The molecule has 3 aromatic rings. The molecule has 0 atom stereocenters. The van der Waals surface area contributed by atoms with E-state index in [0.29, 0.717) is 11.5 Å². The van der Waals surface area contributed by atoms with Crippen LogP contribution in [0.3, 0.4) is 0 Å². The van der Waals surface area contributed by atoms with Crippen molar-refractivity contribution >= 4 is 22.6 Å². The Morgan fingerprint density at radius 2 is 1.71 bits per heavy atom. The fraction of sp³-hybridized carbons (Fsp3) is 0.188. The van der Waals surface area contributed by atoms with Gasteiger partial charge in [-0.25, -0.2) is 4.98 Å². The van der Waals surface area contributed by atoms with E-state index in [4.69, 9.17) is 21.1 Å². The second kappa shape index (κ2) is 5.66. The van der Waals surface area contributed by atoms with Gasteiger partial charge in [0.15, 0.2) is 11.5 Å². The molecule has 1 aromatic heterocycles. The molecule has 5 heteroatoms. The predicted octanol–water partition coefficient (Wildman–Crippen LogP) is 3.82. The van der Waals surface area contributed by atoms with Crippen molar-refractivity contribution in [3.05, 3.63) is 52.8 Å². The van der Waals surface area contributed by atoms with Gasteiger partial charge in [0.2, 0.25) is 0 Å². The van der Waals surface area contributed by atoms with Gasteiger partial charge < -0.3 is 14.5 Å². The van der Waals surface area contributed by atoms with Crippen molar-refractivity contribution in [3.63, 3.8) is 0 Å². The van der Waals surface area contributed by atoms with E-state index in [2.05, 4.69) is 9.97 Å². The summed E-state index contributed by atoms with van der Waals surface area (Å²) < 4.78 is 10.6. The van der Waals surface area contributed by atoms with Crippen molar-refractivity contribution in [1.29, 1.82) is 0 Å². The first-order valence-corrected chi connectivity index (χ1v) is 6.92. The summed E-state index contributed by atoms with van der Waals surface area (Å²) in [6, 6.07) is 11.5. The molecule has 2 aromatic carbocycles. The number of nitrogens with one attached hydrogen (secondary N) is 1. The van der Waals surface area contributed by atoms with Gasteiger partial charge in [0.1, 0.15) is 5.82 Å². The second-order valence-corrected chi connectivity index (χ2v) is 5.15. The highest BCUT2D eigenvalue weighted by atomic mass is 35.5. The normalized spacial score (nSPS) is 10.8. The summed E-state index contributed by atoms with van der Waals surface area (Å²) in [5.41, 5.74) is 2.94. The number of hydrogen-bond acceptors (Lipinski definition) is 3. The lowest BCUT2D eigenvalue weighted by atomic mass is 10.1. The van der Waals surface area contributed by atoms with Gasteiger partial charge in [-0.3, -0.25) is 0 Å². The fourth-order valence-corrected chi connectivity index (χ4v) is 2.39. The Bertz CT molecular complexity index is 725. The monoisotopic (exact) mass is 302 g/mol. The lowest BCUT2D eigenvalue weighted by Gasteiger charge is -2.06. The van der Waals surface area contributed by atoms with Gasteiger partial charge in [0, 0.05) is 23.6 Å². The maximum Gasteiger partial charge on any atom is 0.163 e. The van der Waals surface area contributed by atoms with E-state index in [1.165, 1.54) is 0 Å². The van der Waals surface area contributed by atoms with Crippen molar-refractivity contribution in [2.75, 3.05) is 14.2 Å². The predicted molar refractivity (Wildman–Crippen MR) is 83.5 cm³/mol. The Morgan fingerprint density at radius 1 is 1.05 bits per heavy atom. The van der Waals surface area contributed by atoms with E-state index in [0.717, 1.165) is 33.9 Å². The number of nitrogens with zero attached hydrogens (tertiary/aromatic N) is 1. The Hall–Kier alpha value is -2.20. The minimum atomic E-state index is 0.676. The summed E-state index contributed by atoms with van der Waals surface area (Å²) in [6.07, 6.45) is 0.719. The number of benzene rings is 2. The van der Waals surface area contributed by atoms with Crippen LogP contribution in [0.15, 0.2) is 36.4 Å². The van der Waals surface area contributed by atoms with Crippen LogP contribution in [0.2, 0.25) is 5.02 Å². The van der Waals surface area contributed by atoms with Crippen molar-refractivity contribution < 1.29 is 9.47 Å². The minimum absolute atomic E-state index is 0.676. The van der Waals surface area contributed by atoms with Gasteiger partial charge >= 0.3 is 0 Å². The summed E-state index contributed by atoms with van der Waals surface area (Å²) in [7, 11) is 3.24. The highest BCUT2D eigenvalue weighted by Gasteiger charge is 2.10. The lowest BCUT2D eigenvalue weighted by Crippen LogP contribution is -1.89. The van der Waals surface area contributed by atoms with Crippen LogP contribution in [0.4, 0.5) is 0 Å². The van der Waals surface area contributed by atoms with E-state index in [-0.39, 0.29) is 0 Å². The lowest BCUT2D eigenvalue weighted by molar-refractivity contribution is 0.356. The fourth-order valence-electron chi connectivity index (χ4n) is 2.27. The number of imidazole rings is 1. The molecular weight excluding hydrogens is 288 g/mol.